The fourth-order valence-electron chi connectivity index (χ4n) is 4.00. The highest BCUT2D eigenvalue weighted by Gasteiger charge is 2.22. The number of carbonyl (C=O) groups excluding carboxylic acids is 1. The zero-order chi connectivity index (χ0) is 20.4. The topological polar surface area (TPSA) is 64.0 Å². The van der Waals surface area contributed by atoms with Gasteiger partial charge in [-0.2, -0.15) is 0 Å². The number of amides is 1. The fraction of sp³-hybridized carbons (Fsp3) is 0.348. The van der Waals surface area contributed by atoms with E-state index in [-0.39, 0.29) is 17.4 Å². The van der Waals surface area contributed by atoms with Crippen molar-refractivity contribution < 1.29 is 4.79 Å². The number of benzene rings is 2. The smallest absolute Gasteiger partial charge is 0.261 e. The Hall–Kier alpha value is -2.66. The normalized spacial score (nSPS) is 14.8. The van der Waals surface area contributed by atoms with E-state index >= 15 is 0 Å². The summed E-state index contributed by atoms with van der Waals surface area (Å²) in [5.74, 6) is 0.624. The molecule has 1 saturated carbocycles. The number of hydrogen-bond donors (Lipinski definition) is 1. The van der Waals surface area contributed by atoms with Gasteiger partial charge in [-0.3, -0.25) is 14.2 Å². The van der Waals surface area contributed by atoms with Gasteiger partial charge < -0.3 is 5.32 Å². The van der Waals surface area contributed by atoms with Gasteiger partial charge in [-0.25, -0.2) is 4.98 Å². The molecule has 0 radical (unpaired) electrons. The van der Waals surface area contributed by atoms with E-state index in [2.05, 4.69) is 10.3 Å². The molecule has 29 heavy (non-hydrogen) atoms. The molecule has 6 heteroatoms. The highest BCUT2D eigenvalue weighted by atomic mass is 35.5. The van der Waals surface area contributed by atoms with Gasteiger partial charge in [0, 0.05) is 5.92 Å². The number of nitrogens with one attached hydrogen (secondary N) is 1. The second kappa shape index (κ2) is 8.37. The summed E-state index contributed by atoms with van der Waals surface area (Å²) < 4.78 is 1.65. The van der Waals surface area contributed by atoms with E-state index in [1.165, 1.54) is 6.42 Å². The molecule has 1 aliphatic carbocycles. The summed E-state index contributed by atoms with van der Waals surface area (Å²) >= 11 is 6.40. The van der Waals surface area contributed by atoms with Crippen LogP contribution in [0.2, 0.25) is 5.02 Å². The van der Waals surface area contributed by atoms with Gasteiger partial charge in [0.1, 0.15) is 5.82 Å². The third kappa shape index (κ3) is 4.20. The predicted molar refractivity (Wildman–Crippen MR) is 116 cm³/mol. The number of fused-ring (bicyclic) bond motifs is 1. The maximum atomic E-state index is 13.2. The fourth-order valence-corrected chi connectivity index (χ4v) is 4.21. The number of nitrogens with zero attached hydrogens (tertiary/aromatic N) is 2. The Kier molecular flexibility index (Phi) is 5.67. The van der Waals surface area contributed by atoms with E-state index in [1.807, 2.05) is 37.3 Å². The van der Waals surface area contributed by atoms with Gasteiger partial charge in [-0.05, 0) is 37.5 Å². The van der Waals surface area contributed by atoms with Crippen LogP contribution in [0.5, 0.6) is 0 Å². The lowest BCUT2D eigenvalue weighted by Crippen LogP contribution is -2.26. The second-order valence-electron chi connectivity index (χ2n) is 7.71. The molecule has 0 unspecified atom stereocenters. The van der Waals surface area contributed by atoms with E-state index < -0.39 is 0 Å². The van der Waals surface area contributed by atoms with E-state index in [1.54, 1.807) is 16.7 Å². The summed E-state index contributed by atoms with van der Waals surface area (Å²) in [7, 11) is 0. The lowest BCUT2D eigenvalue weighted by molar-refractivity contribution is -0.120. The maximum Gasteiger partial charge on any atom is 0.261 e. The van der Waals surface area contributed by atoms with Crippen LogP contribution in [-0.4, -0.2) is 15.5 Å². The van der Waals surface area contributed by atoms with Gasteiger partial charge in [0.05, 0.1) is 28.2 Å². The molecular formula is C23H24ClN3O2. The first-order chi connectivity index (χ1) is 14.0. The van der Waals surface area contributed by atoms with Gasteiger partial charge in [0.15, 0.2) is 0 Å². The van der Waals surface area contributed by atoms with Crippen LogP contribution >= 0.6 is 11.6 Å². The lowest BCUT2D eigenvalue weighted by Gasteiger charge is -2.21. The monoisotopic (exact) mass is 409 g/mol. The molecule has 0 saturated heterocycles. The van der Waals surface area contributed by atoms with Gasteiger partial charge >= 0.3 is 0 Å². The molecule has 1 aromatic heterocycles. The zero-order valence-electron chi connectivity index (χ0n) is 16.5. The summed E-state index contributed by atoms with van der Waals surface area (Å²) in [6.07, 6.45) is 5.16. The van der Waals surface area contributed by atoms with E-state index in [9.17, 15) is 9.59 Å². The van der Waals surface area contributed by atoms with Crippen LogP contribution in [0.15, 0.2) is 47.3 Å². The van der Waals surface area contributed by atoms with Crippen LogP contribution in [0.4, 0.5) is 5.69 Å². The molecule has 150 valence electrons. The highest BCUT2D eigenvalue weighted by molar-refractivity contribution is 6.34. The Bertz CT molecular complexity index is 1100. The number of halogens is 1. The molecule has 0 atom stereocenters. The molecule has 3 aromatic rings. The molecule has 4 rings (SSSR count). The molecule has 1 amide bonds. The first kappa shape index (κ1) is 19.6. The molecular weight excluding hydrogens is 386 g/mol. The number of aryl methyl sites for hydroxylation is 1. The van der Waals surface area contributed by atoms with E-state index in [0.29, 0.717) is 34.0 Å². The van der Waals surface area contributed by atoms with E-state index in [4.69, 9.17) is 11.6 Å². The Morgan fingerprint density at radius 3 is 2.62 bits per heavy atom. The maximum absolute atomic E-state index is 13.2. The van der Waals surface area contributed by atoms with Crippen LogP contribution in [0.3, 0.4) is 0 Å². The third-order valence-corrected chi connectivity index (χ3v) is 5.96. The van der Waals surface area contributed by atoms with Crippen molar-refractivity contribution in [2.75, 3.05) is 5.32 Å². The number of rotatable bonds is 4. The van der Waals surface area contributed by atoms with Crippen LogP contribution in [0, 0.1) is 12.8 Å². The number of anilines is 1. The quantitative estimate of drug-likeness (QED) is 0.664. The lowest BCUT2D eigenvalue weighted by atomic mass is 9.88. The third-order valence-electron chi connectivity index (χ3n) is 5.65. The minimum absolute atomic E-state index is 0.0152. The van der Waals surface area contributed by atoms with Gasteiger partial charge in [-0.1, -0.05) is 61.2 Å². The standard InChI is InChI=1S/C23H24ClN3O2/c1-15-25-20-13-19(24)21(26-22(28)17-10-6-3-7-11-17)12-18(20)23(29)27(15)14-16-8-4-2-5-9-16/h2,4-5,8-9,12-13,17H,3,6-7,10-11,14H2,1H3,(H,26,28). The minimum atomic E-state index is -0.138. The molecule has 1 N–H and O–H groups in total. The summed E-state index contributed by atoms with van der Waals surface area (Å²) in [4.78, 5) is 30.4. The summed E-state index contributed by atoms with van der Waals surface area (Å²) in [5, 5.41) is 3.79. The molecule has 0 aliphatic heterocycles. The highest BCUT2D eigenvalue weighted by Crippen LogP contribution is 2.29. The largest absolute Gasteiger partial charge is 0.325 e. The van der Waals surface area contributed by atoms with Crippen molar-refractivity contribution in [1.29, 1.82) is 0 Å². The first-order valence-corrected chi connectivity index (χ1v) is 10.5. The summed E-state index contributed by atoms with van der Waals surface area (Å²) in [6, 6.07) is 13.1. The van der Waals surface area contributed by atoms with E-state index in [0.717, 1.165) is 31.2 Å². The predicted octanol–water partition coefficient (Wildman–Crippen LogP) is 4.93. The molecule has 1 fully saturated rings. The van der Waals surface area contributed by atoms with Crippen molar-refractivity contribution >= 4 is 34.1 Å². The molecule has 1 aliphatic rings. The number of aromatic nitrogens is 2. The van der Waals surface area contributed by atoms with Crippen molar-refractivity contribution in [3.63, 3.8) is 0 Å². The number of hydrogen-bond acceptors (Lipinski definition) is 3. The molecule has 0 spiro atoms. The second-order valence-corrected chi connectivity index (χ2v) is 8.12. The Balaban J connectivity index is 1.69. The van der Waals surface area contributed by atoms with Crippen molar-refractivity contribution in [1.82, 2.24) is 9.55 Å². The molecule has 5 nitrogen and oxygen atoms in total. The summed E-state index contributed by atoms with van der Waals surface area (Å²) in [6.45, 7) is 2.26. The van der Waals surface area contributed by atoms with Gasteiger partial charge in [-0.15, -0.1) is 0 Å². The zero-order valence-corrected chi connectivity index (χ0v) is 17.2. The SMILES string of the molecule is Cc1nc2cc(Cl)c(NC(=O)C3CCCCC3)cc2c(=O)n1Cc1ccccc1. The minimum Gasteiger partial charge on any atom is -0.325 e. The Morgan fingerprint density at radius 2 is 1.90 bits per heavy atom. The van der Waals surface area contributed by atoms with Gasteiger partial charge in [0.25, 0.3) is 5.56 Å². The average molecular weight is 410 g/mol. The van der Waals surface area contributed by atoms with Crippen LogP contribution in [-0.2, 0) is 11.3 Å². The van der Waals surface area contributed by atoms with Crippen molar-refractivity contribution in [2.45, 2.75) is 45.6 Å². The van der Waals surface area contributed by atoms with Crippen LogP contribution in [0.1, 0.15) is 43.5 Å². The van der Waals surface area contributed by atoms with Gasteiger partial charge in [0.2, 0.25) is 5.91 Å². The van der Waals surface area contributed by atoms with Crippen LogP contribution < -0.4 is 10.9 Å². The molecule has 0 bridgehead atoms. The summed E-state index contributed by atoms with van der Waals surface area (Å²) in [5.41, 5.74) is 1.90. The Morgan fingerprint density at radius 1 is 1.17 bits per heavy atom. The molecule has 2 aromatic carbocycles. The molecule has 1 heterocycles. The first-order valence-electron chi connectivity index (χ1n) is 10.1. The average Bonchev–Trinajstić information content (AvgIpc) is 2.73. The van der Waals surface area contributed by atoms with Crippen molar-refractivity contribution in [2.24, 2.45) is 5.92 Å². The number of carbonyl (C=O) groups is 1. The van der Waals surface area contributed by atoms with Crippen LogP contribution in [0.25, 0.3) is 10.9 Å². The van der Waals surface area contributed by atoms with Crippen molar-refractivity contribution in [3.8, 4) is 0 Å². The Labute approximate surface area is 174 Å². The van der Waals surface area contributed by atoms with Crippen molar-refractivity contribution in [3.05, 3.63) is 69.2 Å².